The van der Waals surface area contributed by atoms with E-state index in [4.69, 9.17) is 0 Å². The second-order valence-corrected chi connectivity index (χ2v) is 5.85. The molecule has 3 aromatic rings. The highest BCUT2D eigenvalue weighted by atomic mass is 16.2. The molecule has 0 bridgehead atoms. The van der Waals surface area contributed by atoms with E-state index >= 15 is 0 Å². The largest absolute Gasteiger partial charge is 0.364 e. The molecule has 24 heavy (non-hydrogen) atoms. The highest BCUT2D eigenvalue weighted by molar-refractivity contribution is 5.94. The highest BCUT2D eigenvalue weighted by Crippen LogP contribution is 2.17. The molecule has 0 unspecified atom stereocenters. The molecule has 4 rings (SSSR count). The molecule has 1 fully saturated rings. The minimum absolute atomic E-state index is 0.0750. The van der Waals surface area contributed by atoms with Crippen molar-refractivity contribution in [2.45, 2.75) is 18.9 Å². The summed E-state index contributed by atoms with van der Waals surface area (Å²) in [6.07, 6.45) is 1.96. The second-order valence-electron chi connectivity index (χ2n) is 5.85. The van der Waals surface area contributed by atoms with Crippen LogP contribution in [0.2, 0.25) is 0 Å². The minimum atomic E-state index is 0.0750. The summed E-state index contributed by atoms with van der Waals surface area (Å²) in [5, 5.41) is 18.9. The van der Waals surface area contributed by atoms with Gasteiger partial charge in [0.25, 0.3) is 5.91 Å². The van der Waals surface area contributed by atoms with Crippen LogP contribution in [-0.4, -0.2) is 55.2 Å². The lowest BCUT2D eigenvalue weighted by molar-refractivity contribution is 0.0714. The van der Waals surface area contributed by atoms with Gasteiger partial charge in [0, 0.05) is 24.7 Å². The van der Waals surface area contributed by atoms with Gasteiger partial charge in [-0.2, -0.15) is 0 Å². The van der Waals surface area contributed by atoms with Crippen molar-refractivity contribution in [1.82, 2.24) is 30.2 Å². The summed E-state index contributed by atoms with van der Waals surface area (Å²) in [6.45, 7) is 1.44. The van der Waals surface area contributed by atoms with Crippen LogP contribution in [0.3, 0.4) is 0 Å². The first-order chi connectivity index (χ1) is 11.8. The number of rotatable bonds is 3. The summed E-state index contributed by atoms with van der Waals surface area (Å²) in [5.41, 5.74) is 1.33. The van der Waals surface area contributed by atoms with E-state index in [9.17, 15) is 4.79 Å². The average molecular weight is 323 g/mol. The van der Waals surface area contributed by atoms with Gasteiger partial charge in [-0.05, 0) is 47.5 Å². The van der Waals surface area contributed by atoms with Gasteiger partial charge in [-0.3, -0.25) is 4.79 Å². The predicted molar refractivity (Wildman–Crippen MR) is 87.6 cm³/mol. The number of aromatic nitrogens is 5. The number of piperidine rings is 1. The molecule has 0 saturated carbocycles. The van der Waals surface area contributed by atoms with Crippen LogP contribution < -0.4 is 5.32 Å². The minimum Gasteiger partial charge on any atom is -0.364 e. The molecule has 1 saturated heterocycles. The lowest BCUT2D eigenvalue weighted by Crippen LogP contribution is -2.45. The zero-order chi connectivity index (χ0) is 16.4. The standard InChI is InChI=1S/C16H17N7O/c24-16(12-5-2-1-3-6-12)22-10-4-7-13(11-22)17-14-8-9-15-18-20-21-23(15)19-14/h1-3,5-6,8-9,13H,4,7,10-11H2,(H,17,19)/t13-/m0/s1. The molecule has 0 radical (unpaired) electrons. The van der Waals surface area contributed by atoms with E-state index in [1.54, 1.807) is 0 Å². The number of hydrogen-bond acceptors (Lipinski definition) is 6. The van der Waals surface area contributed by atoms with Crippen molar-refractivity contribution < 1.29 is 4.79 Å². The fraction of sp³-hybridized carbons (Fsp3) is 0.312. The third kappa shape index (κ3) is 2.90. The lowest BCUT2D eigenvalue weighted by Gasteiger charge is -2.33. The van der Waals surface area contributed by atoms with E-state index in [1.165, 1.54) is 4.63 Å². The fourth-order valence-electron chi connectivity index (χ4n) is 2.98. The highest BCUT2D eigenvalue weighted by Gasteiger charge is 2.24. The Kier molecular flexibility index (Phi) is 3.78. The van der Waals surface area contributed by atoms with Crippen LogP contribution in [-0.2, 0) is 0 Å². The number of nitrogens with zero attached hydrogens (tertiary/aromatic N) is 6. The number of likely N-dealkylation sites (tertiary alicyclic amines) is 1. The average Bonchev–Trinajstić information content (AvgIpc) is 3.10. The molecule has 1 atom stereocenters. The topological polar surface area (TPSA) is 88.3 Å². The van der Waals surface area contributed by atoms with Gasteiger partial charge in [0.05, 0.1) is 0 Å². The molecule has 3 heterocycles. The molecular formula is C16H17N7O. The Morgan fingerprint density at radius 1 is 1.17 bits per heavy atom. The number of hydrogen-bond donors (Lipinski definition) is 1. The van der Waals surface area contributed by atoms with Crippen LogP contribution in [0, 0.1) is 0 Å². The summed E-state index contributed by atoms with van der Waals surface area (Å²) >= 11 is 0. The van der Waals surface area contributed by atoms with Crippen molar-refractivity contribution in [3.63, 3.8) is 0 Å². The quantitative estimate of drug-likeness (QED) is 0.780. The number of carbonyl (C=O) groups is 1. The first kappa shape index (κ1) is 14.6. The van der Waals surface area contributed by atoms with E-state index in [1.807, 2.05) is 47.4 Å². The van der Waals surface area contributed by atoms with E-state index in [2.05, 4.69) is 25.9 Å². The van der Waals surface area contributed by atoms with Gasteiger partial charge in [-0.15, -0.1) is 14.8 Å². The number of tetrazole rings is 1. The molecule has 0 aliphatic carbocycles. The number of nitrogens with one attached hydrogen (secondary N) is 1. The van der Waals surface area contributed by atoms with E-state index < -0.39 is 0 Å². The van der Waals surface area contributed by atoms with E-state index in [0.717, 1.165) is 24.9 Å². The van der Waals surface area contributed by atoms with Crippen molar-refractivity contribution >= 4 is 17.4 Å². The molecule has 1 aliphatic heterocycles. The van der Waals surface area contributed by atoms with Crippen LogP contribution >= 0.6 is 0 Å². The molecule has 0 spiro atoms. The zero-order valence-electron chi connectivity index (χ0n) is 13.0. The molecule has 2 aromatic heterocycles. The Hall–Kier alpha value is -3.03. The van der Waals surface area contributed by atoms with Crippen molar-refractivity contribution in [2.75, 3.05) is 18.4 Å². The number of fused-ring (bicyclic) bond motifs is 1. The fourth-order valence-corrected chi connectivity index (χ4v) is 2.98. The molecular weight excluding hydrogens is 306 g/mol. The maximum Gasteiger partial charge on any atom is 0.253 e. The normalized spacial score (nSPS) is 17.8. The Bertz CT molecular complexity index is 848. The third-order valence-electron chi connectivity index (χ3n) is 4.15. The summed E-state index contributed by atoms with van der Waals surface area (Å²) in [4.78, 5) is 14.5. The number of carbonyl (C=O) groups excluding carboxylic acids is 1. The Morgan fingerprint density at radius 2 is 2.04 bits per heavy atom. The summed E-state index contributed by atoms with van der Waals surface area (Å²) in [5.74, 6) is 0.778. The van der Waals surface area contributed by atoms with Crippen LogP contribution in [0.4, 0.5) is 5.82 Å². The van der Waals surface area contributed by atoms with Gasteiger partial charge >= 0.3 is 0 Å². The van der Waals surface area contributed by atoms with Crippen LogP contribution in [0.5, 0.6) is 0 Å². The maximum absolute atomic E-state index is 12.6. The number of benzene rings is 1. The van der Waals surface area contributed by atoms with Gasteiger partial charge < -0.3 is 10.2 Å². The third-order valence-corrected chi connectivity index (χ3v) is 4.15. The van der Waals surface area contributed by atoms with E-state index in [-0.39, 0.29) is 11.9 Å². The lowest BCUT2D eigenvalue weighted by atomic mass is 10.0. The summed E-state index contributed by atoms with van der Waals surface area (Å²) < 4.78 is 1.39. The van der Waals surface area contributed by atoms with E-state index in [0.29, 0.717) is 18.0 Å². The second kappa shape index (κ2) is 6.23. The molecule has 8 nitrogen and oxygen atoms in total. The van der Waals surface area contributed by atoms with Crippen LogP contribution in [0.25, 0.3) is 5.65 Å². The molecule has 122 valence electrons. The SMILES string of the molecule is O=C(c1ccccc1)N1CCC[C@H](Nc2ccc3nnnn3n2)C1. The maximum atomic E-state index is 12.6. The number of amides is 1. The molecule has 1 aliphatic rings. The monoisotopic (exact) mass is 323 g/mol. The first-order valence-corrected chi connectivity index (χ1v) is 7.96. The molecule has 1 aromatic carbocycles. The summed E-state index contributed by atoms with van der Waals surface area (Å²) in [6, 6.07) is 13.2. The van der Waals surface area contributed by atoms with Crippen molar-refractivity contribution in [3.05, 3.63) is 48.0 Å². The van der Waals surface area contributed by atoms with Crippen LogP contribution in [0.1, 0.15) is 23.2 Å². The predicted octanol–water partition coefficient (Wildman–Crippen LogP) is 1.24. The van der Waals surface area contributed by atoms with Gasteiger partial charge in [-0.25, -0.2) is 0 Å². The van der Waals surface area contributed by atoms with Crippen molar-refractivity contribution in [1.29, 1.82) is 0 Å². The van der Waals surface area contributed by atoms with Crippen molar-refractivity contribution in [3.8, 4) is 0 Å². The van der Waals surface area contributed by atoms with Crippen molar-refractivity contribution in [2.24, 2.45) is 0 Å². The Morgan fingerprint density at radius 3 is 2.92 bits per heavy atom. The molecule has 1 amide bonds. The van der Waals surface area contributed by atoms with Gasteiger partial charge in [0.15, 0.2) is 5.65 Å². The molecule has 8 heteroatoms. The summed E-state index contributed by atoms with van der Waals surface area (Å²) in [7, 11) is 0. The Labute approximate surface area is 138 Å². The smallest absolute Gasteiger partial charge is 0.253 e. The Balaban J connectivity index is 1.45. The van der Waals surface area contributed by atoms with Gasteiger partial charge in [-0.1, -0.05) is 18.2 Å². The zero-order valence-corrected chi connectivity index (χ0v) is 13.0. The van der Waals surface area contributed by atoms with Crippen LogP contribution in [0.15, 0.2) is 42.5 Å². The molecule has 1 N–H and O–H groups in total. The van der Waals surface area contributed by atoms with Gasteiger partial charge in [0.2, 0.25) is 0 Å². The number of anilines is 1. The first-order valence-electron chi connectivity index (χ1n) is 7.96. The van der Waals surface area contributed by atoms with Gasteiger partial charge in [0.1, 0.15) is 5.82 Å².